The van der Waals surface area contributed by atoms with Gasteiger partial charge in [0.05, 0.1) is 5.02 Å². The van der Waals surface area contributed by atoms with Crippen LogP contribution in [0.3, 0.4) is 0 Å². The molecule has 0 saturated carbocycles. The number of halogens is 1. The summed E-state index contributed by atoms with van der Waals surface area (Å²) in [5.74, 6) is 0. The maximum Gasteiger partial charge on any atom is 0.326 e. The second-order valence-electron chi connectivity index (χ2n) is 3.05. The summed E-state index contributed by atoms with van der Waals surface area (Å²) >= 11 is 5.71. The van der Waals surface area contributed by atoms with Crippen molar-refractivity contribution in [3.63, 3.8) is 0 Å². The molecule has 0 heterocycles. The van der Waals surface area contributed by atoms with Crippen LogP contribution in [-0.2, 0) is 14.7 Å². The van der Waals surface area contributed by atoms with Crippen molar-refractivity contribution < 1.29 is 13.0 Å². The predicted molar refractivity (Wildman–Crippen MR) is 56.8 cm³/mol. The lowest BCUT2D eigenvalue weighted by Gasteiger charge is -2.04. The van der Waals surface area contributed by atoms with Crippen molar-refractivity contribution in [1.82, 2.24) is 0 Å². The summed E-state index contributed by atoms with van der Waals surface area (Å²) in [6.07, 6.45) is 0. The molecule has 1 radical (unpaired) electrons. The van der Waals surface area contributed by atoms with Gasteiger partial charge in [-0.2, -0.15) is 8.42 Å². The van der Waals surface area contributed by atoms with E-state index in [2.05, 4.69) is 0 Å². The highest BCUT2D eigenvalue weighted by Gasteiger charge is 2.19. The monoisotopic (exact) mass is 241 g/mol. The number of hydrogen-bond donors (Lipinski definition) is 0. The van der Waals surface area contributed by atoms with Crippen molar-refractivity contribution in [3.05, 3.63) is 41.4 Å². The van der Waals surface area contributed by atoms with E-state index in [1.165, 1.54) is 6.07 Å². The summed E-state index contributed by atoms with van der Waals surface area (Å²) in [6, 6.07) is 9.79. The maximum absolute atomic E-state index is 11.0. The largest absolute Gasteiger partial charge is 0.326 e. The van der Waals surface area contributed by atoms with E-state index in [0.29, 0.717) is 10.8 Å². The van der Waals surface area contributed by atoms with Gasteiger partial charge in [-0.3, -0.25) is 0 Å². The molecule has 0 aromatic heterocycles. The Balaban J connectivity index is 2.99. The van der Waals surface area contributed by atoms with E-state index in [-0.39, 0.29) is 9.92 Å². The number of hydrogen-bond acceptors (Lipinski definition) is 2. The summed E-state index contributed by atoms with van der Waals surface area (Å²) in [7, 11) is -4.54. The highest BCUT2D eigenvalue weighted by molar-refractivity contribution is 7.86. The lowest BCUT2D eigenvalue weighted by atomic mass is 10.1. The number of fused-ring (bicyclic) bond motifs is 1. The van der Waals surface area contributed by atoms with Crippen molar-refractivity contribution >= 4 is 32.5 Å². The Bertz CT molecular complexity index is 620. The van der Waals surface area contributed by atoms with Gasteiger partial charge in [0, 0.05) is 5.39 Å². The predicted octanol–water partition coefficient (Wildman–Crippen LogP) is 2.61. The van der Waals surface area contributed by atoms with Gasteiger partial charge in [-0.15, -0.1) is 0 Å². The fourth-order valence-corrected chi connectivity index (χ4v) is 2.68. The van der Waals surface area contributed by atoms with Crippen LogP contribution in [0, 0.1) is 0 Å². The second-order valence-corrected chi connectivity index (χ2v) is 4.78. The zero-order chi connectivity index (χ0) is 11.1. The minimum atomic E-state index is -4.54. The van der Waals surface area contributed by atoms with Crippen molar-refractivity contribution in [2.45, 2.75) is 4.90 Å². The van der Waals surface area contributed by atoms with Crippen molar-refractivity contribution in [1.29, 1.82) is 0 Å². The Kier molecular flexibility index (Phi) is 2.42. The van der Waals surface area contributed by atoms with E-state index in [9.17, 15) is 13.0 Å². The first-order valence-electron chi connectivity index (χ1n) is 4.13. The molecule has 0 fully saturated rings. The second kappa shape index (κ2) is 3.48. The zero-order valence-corrected chi connectivity index (χ0v) is 9.05. The normalized spacial score (nSPS) is 11.9. The number of rotatable bonds is 1. The standard InChI is InChI=1S/C10H6ClO3S/c11-9-6-5-7-3-1-2-4-8(7)10(9)15(12,13)14/h1-6H. The fraction of sp³-hybridized carbons (Fsp3) is 0. The van der Waals surface area contributed by atoms with Crippen LogP contribution in [0.5, 0.6) is 0 Å². The third-order valence-corrected chi connectivity index (χ3v) is 3.45. The molecule has 5 heteroatoms. The minimum absolute atomic E-state index is 0.0382. The van der Waals surface area contributed by atoms with Crippen LogP contribution in [0.1, 0.15) is 0 Å². The van der Waals surface area contributed by atoms with Gasteiger partial charge in [0.2, 0.25) is 0 Å². The van der Waals surface area contributed by atoms with Gasteiger partial charge in [-0.25, -0.2) is 0 Å². The quantitative estimate of drug-likeness (QED) is 0.771. The van der Waals surface area contributed by atoms with Gasteiger partial charge < -0.3 is 0 Å². The van der Waals surface area contributed by atoms with Gasteiger partial charge in [0.25, 0.3) is 0 Å². The third kappa shape index (κ3) is 1.84. The first-order valence-corrected chi connectivity index (χ1v) is 5.92. The lowest BCUT2D eigenvalue weighted by molar-refractivity contribution is 0.415. The fourth-order valence-electron chi connectivity index (χ4n) is 1.47. The maximum atomic E-state index is 11.0. The molecule has 0 N–H and O–H groups in total. The van der Waals surface area contributed by atoms with Crippen LogP contribution >= 0.6 is 11.6 Å². The molecule has 0 aliphatic rings. The van der Waals surface area contributed by atoms with Crippen LogP contribution in [0.15, 0.2) is 41.3 Å². The molecule has 2 rings (SSSR count). The molecular weight excluding hydrogens is 236 g/mol. The summed E-state index contributed by atoms with van der Waals surface area (Å²) in [5.41, 5.74) is 0. The first kappa shape index (κ1) is 10.4. The summed E-state index contributed by atoms with van der Waals surface area (Å²) in [6.45, 7) is 0. The molecule has 0 bridgehead atoms. The Morgan fingerprint density at radius 2 is 1.67 bits per heavy atom. The lowest BCUT2D eigenvalue weighted by Crippen LogP contribution is -1.98. The number of benzene rings is 2. The SMILES string of the molecule is [O]S(=O)(=O)c1c(Cl)ccc2ccccc12. The molecule has 0 unspecified atom stereocenters. The molecule has 15 heavy (non-hydrogen) atoms. The average molecular weight is 242 g/mol. The van der Waals surface area contributed by atoms with Gasteiger partial charge >= 0.3 is 10.1 Å². The first-order chi connectivity index (χ1) is 7.00. The molecule has 3 nitrogen and oxygen atoms in total. The molecule has 0 amide bonds. The van der Waals surface area contributed by atoms with E-state index in [1.807, 2.05) is 0 Å². The van der Waals surface area contributed by atoms with E-state index in [1.54, 1.807) is 30.3 Å². The van der Waals surface area contributed by atoms with Crippen LogP contribution < -0.4 is 0 Å². The van der Waals surface area contributed by atoms with Crippen LogP contribution in [0.2, 0.25) is 5.02 Å². The van der Waals surface area contributed by atoms with Crippen molar-refractivity contribution in [3.8, 4) is 0 Å². The highest BCUT2D eigenvalue weighted by Crippen LogP contribution is 2.29. The van der Waals surface area contributed by atoms with Crippen LogP contribution in [0.25, 0.3) is 10.8 Å². The Hall–Kier alpha value is -1.10. The third-order valence-electron chi connectivity index (χ3n) is 2.08. The van der Waals surface area contributed by atoms with E-state index in [0.717, 1.165) is 0 Å². The molecule has 77 valence electrons. The molecule has 0 spiro atoms. The zero-order valence-electron chi connectivity index (χ0n) is 7.48. The topological polar surface area (TPSA) is 54.0 Å². The van der Waals surface area contributed by atoms with Gasteiger partial charge in [0.1, 0.15) is 4.90 Å². The Morgan fingerprint density at radius 3 is 2.33 bits per heavy atom. The molecule has 2 aromatic carbocycles. The van der Waals surface area contributed by atoms with Crippen molar-refractivity contribution in [2.75, 3.05) is 0 Å². The molecular formula is C10H6ClO3S. The van der Waals surface area contributed by atoms with Gasteiger partial charge in [0.15, 0.2) is 0 Å². The molecule has 0 atom stereocenters. The van der Waals surface area contributed by atoms with Crippen LogP contribution in [-0.4, -0.2) is 8.42 Å². The smallest absolute Gasteiger partial charge is 0.191 e. The van der Waals surface area contributed by atoms with E-state index in [4.69, 9.17) is 11.6 Å². The average Bonchev–Trinajstić information content (AvgIpc) is 2.15. The summed E-state index contributed by atoms with van der Waals surface area (Å²) in [5, 5.41) is 1.00. The Labute approximate surface area is 92.0 Å². The summed E-state index contributed by atoms with van der Waals surface area (Å²) in [4.78, 5) is -0.345. The van der Waals surface area contributed by atoms with Gasteiger partial charge in [-0.1, -0.05) is 46.5 Å². The molecule has 0 aliphatic carbocycles. The molecule has 0 aliphatic heterocycles. The van der Waals surface area contributed by atoms with E-state index < -0.39 is 10.1 Å². The van der Waals surface area contributed by atoms with Gasteiger partial charge in [-0.05, 0) is 11.5 Å². The highest BCUT2D eigenvalue weighted by atomic mass is 35.5. The molecule has 2 aromatic rings. The van der Waals surface area contributed by atoms with E-state index >= 15 is 0 Å². The minimum Gasteiger partial charge on any atom is -0.191 e. The summed E-state index contributed by atoms with van der Waals surface area (Å²) < 4.78 is 33.1. The van der Waals surface area contributed by atoms with Crippen molar-refractivity contribution in [2.24, 2.45) is 0 Å². The van der Waals surface area contributed by atoms with Crippen LogP contribution in [0.4, 0.5) is 0 Å². The Morgan fingerprint density at radius 1 is 1.00 bits per heavy atom. The molecule has 0 saturated heterocycles.